The van der Waals surface area contributed by atoms with Gasteiger partial charge in [-0.15, -0.1) is 0 Å². The summed E-state index contributed by atoms with van der Waals surface area (Å²) >= 11 is 0. The van der Waals surface area contributed by atoms with Gasteiger partial charge in [0.25, 0.3) is 5.56 Å². The zero-order valence-electron chi connectivity index (χ0n) is 14.8. The summed E-state index contributed by atoms with van der Waals surface area (Å²) in [5.74, 6) is 0. The van der Waals surface area contributed by atoms with E-state index in [0.717, 1.165) is 27.9 Å². The van der Waals surface area contributed by atoms with Crippen molar-refractivity contribution in [2.45, 2.75) is 0 Å². The van der Waals surface area contributed by atoms with E-state index in [1.165, 1.54) is 4.68 Å². The number of rotatable bonds is 3. The summed E-state index contributed by atoms with van der Waals surface area (Å²) in [6.07, 6.45) is 1.80. The molecule has 2 N–H and O–H groups in total. The molecule has 0 saturated heterocycles. The maximum Gasteiger partial charge on any atom is 0.279 e. The summed E-state index contributed by atoms with van der Waals surface area (Å²) in [5.41, 5.74) is 3.34. The van der Waals surface area contributed by atoms with Crippen molar-refractivity contribution >= 4 is 17.0 Å². The third-order valence-electron chi connectivity index (χ3n) is 4.24. The molecule has 4 rings (SSSR count). The molecule has 0 fully saturated rings. The minimum atomic E-state index is -0.123. The second-order valence-corrected chi connectivity index (χ2v) is 5.96. The first-order chi connectivity index (χ1) is 12.8. The third kappa shape index (κ3) is 3.41. The zero-order chi connectivity index (χ0) is 17.9. The van der Waals surface area contributed by atoms with Crippen molar-refractivity contribution in [2.24, 2.45) is 4.99 Å². The van der Waals surface area contributed by atoms with Crippen molar-refractivity contribution in [3.63, 3.8) is 0 Å². The highest BCUT2D eigenvalue weighted by atomic mass is 16.1. The van der Waals surface area contributed by atoms with Crippen molar-refractivity contribution in [3.8, 4) is 16.9 Å². The van der Waals surface area contributed by atoms with E-state index in [1.807, 2.05) is 78.9 Å². The molecule has 0 unspecified atom stereocenters. The number of hydrogen-bond donors (Lipinski definition) is 0. The quantitative estimate of drug-likeness (QED) is 0.528. The molecule has 0 aliphatic carbocycles. The topological polar surface area (TPSA) is 78.8 Å². The smallest absolute Gasteiger partial charge is 0.279 e. The lowest BCUT2D eigenvalue weighted by molar-refractivity contribution is 0.824. The van der Waals surface area contributed by atoms with Crippen molar-refractivity contribution in [1.29, 1.82) is 0 Å². The van der Waals surface area contributed by atoms with E-state index in [1.54, 1.807) is 13.3 Å². The Morgan fingerprint density at radius 2 is 1.59 bits per heavy atom. The summed E-state index contributed by atoms with van der Waals surface area (Å²) in [5, 5.41) is 6.19. The molecule has 0 bridgehead atoms. The summed E-state index contributed by atoms with van der Waals surface area (Å²) < 4.78 is 1.47. The van der Waals surface area contributed by atoms with E-state index in [9.17, 15) is 4.79 Å². The minimum Gasteiger partial charge on any atom is -0.412 e. The lowest BCUT2D eigenvalue weighted by atomic mass is 10.0. The molecule has 0 atom stereocenters. The monoisotopic (exact) mass is 357 g/mol. The molecular weight excluding hydrogens is 338 g/mol. The van der Waals surface area contributed by atoms with Gasteiger partial charge >= 0.3 is 0 Å². The van der Waals surface area contributed by atoms with Gasteiger partial charge in [-0.25, -0.2) is 0 Å². The van der Waals surface area contributed by atoms with Gasteiger partial charge in [-0.3, -0.25) is 9.79 Å². The maximum atomic E-state index is 13.0. The van der Waals surface area contributed by atoms with Crippen molar-refractivity contribution < 1.29 is 5.48 Å². The maximum absolute atomic E-state index is 13.0. The van der Waals surface area contributed by atoms with Gasteiger partial charge in [0.15, 0.2) is 0 Å². The molecule has 0 amide bonds. The van der Waals surface area contributed by atoms with Crippen LogP contribution in [0.15, 0.2) is 88.6 Å². The molecule has 4 aromatic rings. The molecule has 0 radical (unpaired) electrons. The Kier molecular flexibility index (Phi) is 5.24. The Labute approximate surface area is 156 Å². The standard InChI is InChI=1S/C22H17N3O.H2O/c1-23-15-16-8-7-9-17(14-16)21-19-12-5-6-13-20(19)22(26)25(24-21)18-10-3-2-4-11-18;/h2-15H,1H3;1H2. The molecule has 5 heteroatoms. The highest BCUT2D eigenvalue weighted by Crippen LogP contribution is 2.25. The Hall–Kier alpha value is -3.57. The molecule has 3 aromatic carbocycles. The number of fused-ring (bicyclic) bond motifs is 1. The van der Waals surface area contributed by atoms with Crippen LogP contribution in [0.4, 0.5) is 0 Å². The van der Waals surface area contributed by atoms with Crippen molar-refractivity contribution in [3.05, 3.63) is 94.8 Å². The second kappa shape index (κ2) is 7.76. The van der Waals surface area contributed by atoms with Gasteiger partial charge in [0.05, 0.1) is 16.8 Å². The van der Waals surface area contributed by atoms with Crippen LogP contribution in [0.2, 0.25) is 0 Å². The lowest BCUT2D eigenvalue weighted by Crippen LogP contribution is -2.22. The number of hydrogen-bond acceptors (Lipinski definition) is 3. The van der Waals surface area contributed by atoms with Crippen LogP contribution in [0.3, 0.4) is 0 Å². The SMILES string of the molecule is CN=Cc1cccc(-c2nn(-c3ccccc3)c(=O)c3ccccc23)c1.O. The van der Waals surface area contributed by atoms with Gasteiger partial charge in [0.1, 0.15) is 0 Å². The highest BCUT2D eigenvalue weighted by Gasteiger charge is 2.13. The molecular formula is C22H19N3O2. The fourth-order valence-electron chi connectivity index (χ4n) is 3.06. The molecule has 5 nitrogen and oxygen atoms in total. The predicted octanol–water partition coefficient (Wildman–Crippen LogP) is 3.28. The number of aliphatic imine (C=N–C) groups is 1. The van der Waals surface area contributed by atoms with Gasteiger partial charge in [-0.2, -0.15) is 9.78 Å². The average Bonchev–Trinajstić information content (AvgIpc) is 2.70. The summed E-state index contributed by atoms with van der Waals surface area (Å²) in [4.78, 5) is 17.0. The molecule has 27 heavy (non-hydrogen) atoms. The van der Waals surface area contributed by atoms with Crippen LogP contribution >= 0.6 is 0 Å². The normalized spacial score (nSPS) is 10.9. The van der Waals surface area contributed by atoms with Crippen molar-refractivity contribution in [2.75, 3.05) is 7.05 Å². The van der Waals surface area contributed by atoms with Crippen LogP contribution in [0.5, 0.6) is 0 Å². The van der Waals surface area contributed by atoms with Crippen LogP contribution in [-0.2, 0) is 0 Å². The van der Waals surface area contributed by atoms with Crippen molar-refractivity contribution in [1.82, 2.24) is 9.78 Å². The molecule has 0 aliphatic rings. The molecule has 0 saturated carbocycles. The fraction of sp³-hybridized carbons (Fsp3) is 0.0455. The van der Waals surface area contributed by atoms with E-state index in [4.69, 9.17) is 5.10 Å². The summed E-state index contributed by atoms with van der Waals surface area (Å²) in [6.45, 7) is 0. The lowest BCUT2D eigenvalue weighted by Gasteiger charge is -2.11. The molecule has 1 aromatic heterocycles. The summed E-state index contributed by atoms with van der Waals surface area (Å²) in [7, 11) is 1.75. The number of nitrogens with zero attached hydrogens (tertiary/aromatic N) is 3. The molecule has 0 aliphatic heterocycles. The first-order valence-electron chi connectivity index (χ1n) is 8.38. The molecule has 1 heterocycles. The Morgan fingerprint density at radius 3 is 2.33 bits per heavy atom. The Morgan fingerprint density at radius 1 is 0.889 bits per heavy atom. The van der Waals surface area contributed by atoms with Crippen LogP contribution in [-0.4, -0.2) is 28.5 Å². The fourth-order valence-corrected chi connectivity index (χ4v) is 3.06. The highest BCUT2D eigenvalue weighted by molar-refractivity contribution is 5.95. The van der Waals surface area contributed by atoms with Crippen LogP contribution < -0.4 is 5.56 Å². The number of para-hydroxylation sites is 1. The van der Waals surface area contributed by atoms with Gasteiger partial charge < -0.3 is 5.48 Å². The van der Waals surface area contributed by atoms with E-state index in [2.05, 4.69) is 4.99 Å². The van der Waals surface area contributed by atoms with Crippen LogP contribution in [0, 0.1) is 0 Å². The van der Waals surface area contributed by atoms with Gasteiger partial charge in [0.2, 0.25) is 0 Å². The second-order valence-electron chi connectivity index (χ2n) is 5.96. The van der Waals surface area contributed by atoms with Gasteiger partial charge in [0, 0.05) is 24.2 Å². The van der Waals surface area contributed by atoms with Crippen LogP contribution in [0.25, 0.3) is 27.7 Å². The first-order valence-corrected chi connectivity index (χ1v) is 8.38. The Bertz CT molecular complexity index is 1170. The summed E-state index contributed by atoms with van der Waals surface area (Å²) in [6, 6.07) is 25.1. The number of aromatic nitrogens is 2. The predicted molar refractivity (Wildman–Crippen MR) is 110 cm³/mol. The minimum absolute atomic E-state index is 0. The van der Waals surface area contributed by atoms with E-state index in [-0.39, 0.29) is 11.0 Å². The molecule has 134 valence electrons. The van der Waals surface area contributed by atoms with Gasteiger partial charge in [-0.05, 0) is 29.8 Å². The molecule has 0 spiro atoms. The van der Waals surface area contributed by atoms with Gasteiger partial charge in [-0.1, -0.05) is 54.6 Å². The third-order valence-corrected chi connectivity index (χ3v) is 4.24. The average molecular weight is 357 g/mol. The zero-order valence-corrected chi connectivity index (χ0v) is 14.8. The van der Waals surface area contributed by atoms with E-state index >= 15 is 0 Å². The largest absolute Gasteiger partial charge is 0.412 e. The number of benzene rings is 3. The van der Waals surface area contributed by atoms with E-state index < -0.39 is 0 Å². The Balaban J connectivity index is 0.00000210. The first kappa shape index (κ1) is 18.2. The van der Waals surface area contributed by atoms with E-state index in [0.29, 0.717) is 5.39 Å². The van der Waals surface area contributed by atoms with Crippen LogP contribution in [0.1, 0.15) is 5.56 Å².